The van der Waals surface area contributed by atoms with Gasteiger partial charge in [0.15, 0.2) is 0 Å². The van der Waals surface area contributed by atoms with Gasteiger partial charge in [-0.1, -0.05) is 17.7 Å². The molecule has 0 spiro atoms. The van der Waals surface area contributed by atoms with Crippen molar-refractivity contribution in [2.75, 3.05) is 6.54 Å². The minimum atomic E-state index is -0.973. The van der Waals surface area contributed by atoms with E-state index in [2.05, 4.69) is 5.32 Å². The Morgan fingerprint density at radius 1 is 1.44 bits per heavy atom. The number of carbonyl (C=O) groups is 2. The molecule has 0 saturated carbocycles. The lowest BCUT2D eigenvalue weighted by Crippen LogP contribution is -2.26. The average Bonchev–Trinajstić information content (AvgIpc) is 2.21. The first-order chi connectivity index (χ1) is 7.50. The third-order valence-corrected chi connectivity index (χ3v) is 2.19. The molecule has 0 aliphatic carbocycles. The van der Waals surface area contributed by atoms with E-state index in [1.165, 1.54) is 12.1 Å². The first-order valence-electron chi connectivity index (χ1n) is 4.55. The number of aliphatic carboxylic acids is 1. The van der Waals surface area contributed by atoms with E-state index in [1.54, 1.807) is 6.07 Å². The van der Waals surface area contributed by atoms with E-state index < -0.39 is 11.9 Å². The summed E-state index contributed by atoms with van der Waals surface area (Å²) >= 11 is 5.80. The normalized spacial score (nSPS) is 9.88. The fraction of sp³-hybridized carbons (Fsp3) is 0.182. The molecule has 0 heterocycles. The van der Waals surface area contributed by atoms with Crippen LogP contribution in [0, 0.1) is 6.92 Å². The maximum atomic E-state index is 11.6. The van der Waals surface area contributed by atoms with Gasteiger partial charge in [-0.25, -0.2) is 0 Å². The molecule has 0 saturated heterocycles. The van der Waals surface area contributed by atoms with Gasteiger partial charge in [-0.2, -0.15) is 0 Å². The number of carboxylic acids is 1. The molecule has 1 rings (SSSR count). The second-order valence-electron chi connectivity index (χ2n) is 3.14. The zero-order chi connectivity index (χ0) is 12.1. The van der Waals surface area contributed by atoms with Crippen molar-refractivity contribution in [3.8, 4) is 0 Å². The maximum Gasteiger partial charge on any atom is 0.305 e. The topological polar surface area (TPSA) is 66.4 Å². The Hall–Kier alpha value is -1.55. The Labute approximate surface area is 98.2 Å². The summed E-state index contributed by atoms with van der Waals surface area (Å²) in [7, 11) is 0. The van der Waals surface area contributed by atoms with Gasteiger partial charge in [-0.05, 0) is 24.6 Å². The molecule has 2 N–H and O–H groups in total. The number of hydrogen-bond acceptors (Lipinski definition) is 2. The second-order valence-corrected chi connectivity index (χ2v) is 3.55. The molecule has 1 aromatic carbocycles. The minimum Gasteiger partial charge on any atom is -0.481 e. The molecule has 16 heavy (non-hydrogen) atoms. The van der Waals surface area contributed by atoms with Gasteiger partial charge in [0.05, 0.1) is 17.0 Å². The van der Waals surface area contributed by atoms with Crippen LogP contribution in [0.25, 0.3) is 0 Å². The lowest BCUT2D eigenvalue weighted by molar-refractivity contribution is -0.136. The zero-order valence-corrected chi connectivity index (χ0v) is 9.12. The summed E-state index contributed by atoms with van der Waals surface area (Å²) in [6, 6.07) is 4.54. The predicted octanol–water partition coefficient (Wildman–Crippen LogP) is 1.60. The fourth-order valence-corrected chi connectivity index (χ4v) is 1.30. The molecule has 0 atom stereocenters. The number of hydrogen-bond donors (Lipinski definition) is 2. The number of amides is 1. The molecular formula is C11H10ClNO3. The highest BCUT2D eigenvalue weighted by molar-refractivity contribution is 6.33. The molecule has 0 fully saturated rings. The summed E-state index contributed by atoms with van der Waals surface area (Å²) in [5.74, 6) is -1.41. The van der Waals surface area contributed by atoms with Crippen LogP contribution in [0.4, 0.5) is 0 Å². The Kier molecular flexibility index (Phi) is 4.31. The van der Waals surface area contributed by atoms with Crippen molar-refractivity contribution in [3.63, 3.8) is 0 Å². The van der Waals surface area contributed by atoms with Crippen LogP contribution in [-0.2, 0) is 4.79 Å². The monoisotopic (exact) mass is 239 g/mol. The van der Waals surface area contributed by atoms with E-state index in [0.717, 1.165) is 0 Å². The van der Waals surface area contributed by atoms with Crippen LogP contribution < -0.4 is 5.32 Å². The molecule has 0 aliphatic rings. The summed E-state index contributed by atoms with van der Waals surface area (Å²) < 4.78 is 0. The molecule has 4 nitrogen and oxygen atoms in total. The second kappa shape index (κ2) is 5.51. The molecule has 5 heteroatoms. The van der Waals surface area contributed by atoms with E-state index in [9.17, 15) is 9.59 Å². The Bertz CT molecular complexity index is 418. The molecule has 0 bridgehead atoms. The Morgan fingerprint density at radius 3 is 2.75 bits per heavy atom. The highest BCUT2D eigenvalue weighted by Crippen LogP contribution is 2.16. The summed E-state index contributed by atoms with van der Waals surface area (Å²) in [5.41, 5.74) is 0.667. The summed E-state index contributed by atoms with van der Waals surface area (Å²) in [5, 5.41) is 11.1. The molecular weight excluding hydrogens is 230 g/mol. The average molecular weight is 240 g/mol. The molecule has 0 unspecified atom stereocenters. The predicted molar refractivity (Wildman–Crippen MR) is 59.4 cm³/mol. The Morgan fingerprint density at radius 2 is 2.12 bits per heavy atom. The van der Waals surface area contributed by atoms with Gasteiger partial charge in [0, 0.05) is 6.54 Å². The number of rotatable bonds is 4. The van der Waals surface area contributed by atoms with Crippen molar-refractivity contribution in [1.82, 2.24) is 5.32 Å². The van der Waals surface area contributed by atoms with Crippen molar-refractivity contribution < 1.29 is 14.7 Å². The van der Waals surface area contributed by atoms with Gasteiger partial charge in [0.1, 0.15) is 0 Å². The summed E-state index contributed by atoms with van der Waals surface area (Å²) in [6.07, 6.45) is -0.133. The Balaban J connectivity index is 2.65. The summed E-state index contributed by atoms with van der Waals surface area (Å²) in [4.78, 5) is 21.8. The smallest absolute Gasteiger partial charge is 0.305 e. The van der Waals surface area contributed by atoms with Crippen LogP contribution in [-0.4, -0.2) is 23.5 Å². The van der Waals surface area contributed by atoms with Gasteiger partial charge in [-0.15, -0.1) is 0 Å². The number of benzene rings is 1. The number of carbonyl (C=O) groups excluding carboxylic acids is 1. The molecule has 84 valence electrons. The van der Waals surface area contributed by atoms with Crippen molar-refractivity contribution in [1.29, 1.82) is 0 Å². The number of carboxylic acid groups (broad SMARTS) is 1. The minimum absolute atomic E-state index is 0.0549. The molecule has 1 aromatic rings. The lowest BCUT2D eigenvalue weighted by Gasteiger charge is -2.06. The standard InChI is InChI=1S/C11H10ClNO3/c1-7-2-3-9(12)8(6-7)11(16)13-5-4-10(14)15/h1-3,6H,4-5H2,(H,13,16)(H,14,15). The van der Waals surface area contributed by atoms with Gasteiger partial charge in [0.25, 0.3) is 5.91 Å². The number of halogens is 1. The van der Waals surface area contributed by atoms with Crippen LogP contribution in [0.1, 0.15) is 22.3 Å². The van der Waals surface area contributed by atoms with Crippen LogP contribution in [0.5, 0.6) is 0 Å². The summed E-state index contributed by atoms with van der Waals surface area (Å²) in [6.45, 7) is 5.56. The van der Waals surface area contributed by atoms with Gasteiger partial charge < -0.3 is 10.4 Å². The van der Waals surface area contributed by atoms with Gasteiger partial charge in [0.2, 0.25) is 0 Å². The van der Waals surface area contributed by atoms with Crippen LogP contribution in [0.15, 0.2) is 18.2 Å². The highest BCUT2D eigenvalue weighted by Gasteiger charge is 2.10. The van der Waals surface area contributed by atoms with E-state index >= 15 is 0 Å². The van der Waals surface area contributed by atoms with E-state index in [-0.39, 0.29) is 23.6 Å². The SMILES string of the molecule is [CH]c1ccc(Cl)c(C(=O)NCCC(=O)O)c1. The van der Waals surface area contributed by atoms with Crippen molar-refractivity contribution in [2.45, 2.75) is 6.42 Å². The third kappa shape index (κ3) is 3.55. The first kappa shape index (κ1) is 12.5. The van der Waals surface area contributed by atoms with Gasteiger partial charge >= 0.3 is 5.97 Å². The maximum absolute atomic E-state index is 11.6. The first-order valence-corrected chi connectivity index (χ1v) is 4.93. The molecule has 2 radical (unpaired) electrons. The molecule has 1 amide bonds. The third-order valence-electron chi connectivity index (χ3n) is 1.86. The van der Waals surface area contributed by atoms with E-state index in [1.807, 2.05) is 0 Å². The quantitative estimate of drug-likeness (QED) is 0.839. The highest BCUT2D eigenvalue weighted by atomic mass is 35.5. The molecule has 0 aliphatic heterocycles. The van der Waals surface area contributed by atoms with E-state index in [4.69, 9.17) is 23.6 Å². The van der Waals surface area contributed by atoms with Crippen LogP contribution in [0.3, 0.4) is 0 Å². The van der Waals surface area contributed by atoms with Crippen LogP contribution in [0.2, 0.25) is 5.02 Å². The van der Waals surface area contributed by atoms with Crippen LogP contribution >= 0.6 is 11.6 Å². The zero-order valence-electron chi connectivity index (χ0n) is 8.37. The van der Waals surface area contributed by atoms with Crippen molar-refractivity contribution in [3.05, 3.63) is 41.3 Å². The molecule has 0 aromatic heterocycles. The van der Waals surface area contributed by atoms with Crippen molar-refractivity contribution >= 4 is 23.5 Å². The van der Waals surface area contributed by atoms with Crippen molar-refractivity contribution in [2.24, 2.45) is 0 Å². The number of nitrogens with one attached hydrogen (secondary N) is 1. The van der Waals surface area contributed by atoms with E-state index in [0.29, 0.717) is 5.56 Å². The fourth-order valence-electron chi connectivity index (χ4n) is 1.10. The lowest BCUT2D eigenvalue weighted by atomic mass is 10.1. The van der Waals surface area contributed by atoms with Gasteiger partial charge in [-0.3, -0.25) is 9.59 Å². The largest absolute Gasteiger partial charge is 0.481 e.